The lowest BCUT2D eigenvalue weighted by atomic mass is 10.2. The molecule has 0 spiro atoms. The van der Waals surface area contributed by atoms with Gasteiger partial charge in [0.05, 0.1) is 6.54 Å². The summed E-state index contributed by atoms with van der Waals surface area (Å²) >= 11 is 0. The Kier molecular flexibility index (Phi) is 4.57. The molecule has 0 saturated heterocycles. The maximum Gasteiger partial charge on any atom is 0.191 e. The van der Waals surface area contributed by atoms with Crippen LogP contribution in [0.3, 0.4) is 0 Å². The summed E-state index contributed by atoms with van der Waals surface area (Å²) in [7, 11) is 1.71. The lowest BCUT2D eigenvalue weighted by Gasteiger charge is -2.11. The number of H-pyrrole nitrogens is 1. The Morgan fingerprint density at radius 2 is 1.87 bits per heavy atom. The molecule has 118 valence electrons. The average Bonchev–Trinajstić information content (AvgIpc) is 2.98. The Bertz CT molecular complexity index is 790. The fraction of sp³-hybridized carbons (Fsp3) is 0.167. The first-order valence-corrected chi connectivity index (χ1v) is 7.50. The van der Waals surface area contributed by atoms with E-state index in [4.69, 9.17) is 0 Å². The van der Waals surface area contributed by atoms with Crippen molar-refractivity contribution in [3.8, 4) is 0 Å². The summed E-state index contributed by atoms with van der Waals surface area (Å²) in [5.74, 6) is 0.443. The summed E-state index contributed by atoms with van der Waals surface area (Å²) in [5, 5.41) is 7.61. The topological polar surface area (TPSA) is 52.2 Å². The highest BCUT2D eigenvalue weighted by Gasteiger charge is 2.02. The second-order valence-corrected chi connectivity index (χ2v) is 5.29. The molecule has 0 amide bonds. The van der Waals surface area contributed by atoms with Gasteiger partial charge in [0.15, 0.2) is 5.96 Å². The molecule has 4 nitrogen and oxygen atoms in total. The molecule has 0 saturated carbocycles. The molecular formula is C18H19FN4. The first-order valence-electron chi connectivity index (χ1n) is 7.50. The molecule has 3 N–H and O–H groups in total. The maximum atomic E-state index is 13.2. The van der Waals surface area contributed by atoms with E-state index < -0.39 is 0 Å². The number of hydrogen-bond donors (Lipinski definition) is 3. The fourth-order valence-electron chi connectivity index (χ4n) is 2.46. The van der Waals surface area contributed by atoms with E-state index in [0.29, 0.717) is 19.0 Å². The number of aliphatic imine (C=N–C) groups is 1. The molecule has 3 aromatic rings. The molecule has 0 aliphatic heterocycles. The van der Waals surface area contributed by atoms with E-state index in [2.05, 4.69) is 38.8 Å². The first-order chi connectivity index (χ1) is 11.2. The van der Waals surface area contributed by atoms with Crippen LogP contribution in [0.5, 0.6) is 0 Å². The number of benzene rings is 2. The number of hydrogen-bond acceptors (Lipinski definition) is 1. The zero-order chi connectivity index (χ0) is 16.1. The summed E-state index contributed by atoms with van der Waals surface area (Å²) in [4.78, 5) is 7.54. The second kappa shape index (κ2) is 6.96. The van der Waals surface area contributed by atoms with Crippen LogP contribution in [-0.2, 0) is 13.1 Å². The van der Waals surface area contributed by atoms with E-state index in [1.807, 2.05) is 18.2 Å². The van der Waals surface area contributed by atoms with E-state index in [0.717, 1.165) is 16.8 Å². The Labute approximate surface area is 134 Å². The number of rotatable bonds is 4. The molecule has 0 atom stereocenters. The zero-order valence-corrected chi connectivity index (χ0v) is 12.9. The molecule has 3 rings (SSSR count). The molecule has 2 aromatic carbocycles. The zero-order valence-electron chi connectivity index (χ0n) is 12.9. The maximum absolute atomic E-state index is 13.2. The SMILES string of the molecule is CN=C(NCc1cccc(F)c1)NCc1cc2ccccc2[nH]1. The predicted octanol–water partition coefficient (Wildman–Crippen LogP) is 3.17. The molecule has 5 heteroatoms. The summed E-state index contributed by atoms with van der Waals surface area (Å²) in [6.45, 7) is 1.15. The van der Waals surface area contributed by atoms with E-state index in [-0.39, 0.29) is 5.82 Å². The number of halogens is 1. The van der Waals surface area contributed by atoms with Gasteiger partial charge in [0, 0.05) is 24.8 Å². The van der Waals surface area contributed by atoms with Crippen molar-refractivity contribution in [3.05, 3.63) is 71.7 Å². The van der Waals surface area contributed by atoms with Crippen LogP contribution in [0.4, 0.5) is 4.39 Å². The van der Waals surface area contributed by atoms with Gasteiger partial charge in [-0.05, 0) is 35.2 Å². The van der Waals surface area contributed by atoms with Crippen molar-refractivity contribution in [2.75, 3.05) is 7.05 Å². The van der Waals surface area contributed by atoms with Gasteiger partial charge in [0.2, 0.25) is 0 Å². The standard InChI is InChI=1S/C18H19FN4/c1-20-18(21-11-13-5-4-7-15(19)9-13)22-12-16-10-14-6-2-3-8-17(14)23-16/h2-10,23H,11-12H2,1H3,(H2,20,21,22). The molecule has 23 heavy (non-hydrogen) atoms. The third kappa shape index (κ3) is 3.88. The Balaban J connectivity index is 1.57. The van der Waals surface area contributed by atoms with Gasteiger partial charge in [0.25, 0.3) is 0 Å². The van der Waals surface area contributed by atoms with Gasteiger partial charge < -0.3 is 15.6 Å². The smallest absolute Gasteiger partial charge is 0.191 e. The van der Waals surface area contributed by atoms with Crippen molar-refractivity contribution in [2.45, 2.75) is 13.1 Å². The van der Waals surface area contributed by atoms with Crippen LogP contribution in [-0.4, -0.2) is 18.0 Å². The summed E-state index contributed by atoms with van der Waals surface area (Å²) in [6, 6.07) is 16.8. The van der Waals surface area contributed by atoms with Gasteiger partial charge in [-0.3, -0.25) is 4.99 Å². The van der Waals surface area contributed by atoms with Crippen molar-refractivity contribution in [1.29, 1.82) is 0 Å². The number of nitrogens with zero attached hydrogens (tertiary/aromatic N) is 1. The van der Waals surface area contributed by atoms with Crippen molar-refractivity contribution >= 4 is 16.9 Å². The molecule has 0 fully saturated rings. The predicted molar refractivity (Wildman–Crippen MR) is 91.7 cm³/mol. The van der Waals surface area contributed by atoms with Crippen LogP contribution in [0, 0.1) is 5.82 Å². The second-order valence-electron chi connectivity index (χ2n) is 5.29. The van der Waals surface area contributed by atoms with Gasteiger partial charge in [-0.15, -0.1) is 0 Å². The van der Waals surface area contributed by atoms with Crippen molar-refractivity contribution in [1.82, 2.24) is 15.6 Å². The van der Waals surface area contributed by atoms with Gasteiger partial charge in [-0.25, -0.2) is 4.39 Å². The molecule has 0 aliphatic rings. The van der Waals surface area contributed by atoms with Gasteiger partial charge in [-0.2, -0.15) is 0 Å². The van der Waals surface area contributed by atoms with Crippen molar-refractivity contribution in [2.24, 2.45) is 4.99 Å². The van der Waals surface area contributed by atoms with Crippen molar-refractivity contribution < 1.29 is 4.39 Å². The van der Waals surface area contributed by atoms with Crippen LogP contribution in [0.2, 0.25) is 0 Å². The molecule has 0 bridgehead atoms. The summed E-state index contributed by atoms with van der Waals surface area (Å²) in [6.07, 6.45) is 0. The average molecular weight is 310 g/mol. The van der Waals surface area contributed by atoms with E-state index in [1.54, 1.807) is 13.1 Å². The van der Waals surface area contributed by atoms with Crippen LogP contribution >= 0.6 is 0 Å². The largest absolute Gasteiger partial charge is 0.357 e. The van der Waals surface area contributed by atoms with E-state index >= 15 is 0 Å². The highest BCUT2D eigenvalue weighted by atomic mass is 19.1. The van der Waals surface area contributed by atoms with Gasteiger partial charge >= 0.3 is 0 Å². The quantitative estimate of drug-likeness (QED) is 0.512. The number of guanidine groups is 1. The highest BCUT2D eigenvalue weighted by Crippen LogP contribution is 2.14. The highest BCUT2D eigenvalue weighted by molar-refractivity contribution is 5.81. The minimum Gasteiger partial charge on any atom is -0.357 e. The first kappa shape index (κ1) is 15.1. The molecule has 0 aliphatic carbocycles. The molecule has 0 unspecified atom stereocenters. The lowest BCUT2D eigenvalue weighted by molar-refractivity contribution is 0.624. The minimum atomic E-state index is -0.231. The van der Waals surface area contributed by atoms with Crippen LogP contribution in [0.25, 0.3) is 10.9 Å². The number of aromatic amines is 1. The molecular weight excluding hydrogens is 291 g/mol. The normalized spacial score (nSPS) is 11.7. The number of aromatic nitrogens is 1. The van der Waals surface area contributed by atoms with E-state index in [1.165, 1.54) is 17.5 Å². The Morgan fingerprint density at radius 1 is 1.04 bits per heavy atom. The Morgan fingerprint density at radius 3 is 2.65 bits per heavy atom. The number of para-hydroxylation sites is 1. The van der Waals surface area contributed by atoms with Gasteiger partial charge in [0.1, 0.15) is 5.82 Å². The summed E-state index contributed by atoms with van der Waals surface area (Å²) in [5.41, 5.74) is 3.07. The van der Waals surface area contributed by atoms with Crippen LogP contribution < -0.4 is 10.6 Å². The monoisotopic (exact) mass is 310 g/mol. The summed E-state index contributed by atoms with van der Waals surface area (Å²) < 4.78 is 13.2. The number of fused-ring (bicyclic) bond motifs is 1. The number of nitrogens with one attached hydrogen (secondary N) is 3. The Hall–Kier alpha value is -2.82. The third-order valence-electron chi connectivity index (χ3n) is 3.60. The lowest BCUT2D eigenvalue weighted by Crippen LogP contribution is -2.36. The third-order valence-corrected chi connectivity index (χ3v) is 3.60. The molecule has 1 aromatic heterocycles. The van der Waals surface area contributed by atoms with Crippen molar-refractivity contribution in [3.63, 3.8) is 0 Å². The fourth-order valence-corrected chi connectivity index (χ4v) is 2.46. The minimum absolute atomic E-state index is 0.231. The molecule has 1 heterocycles. The van der Waals surface area contributed by atoms with Crippen LogP contribution in [0.15, 0.2) is 59.6 Å². The van der Waals surface area contributed by atoms with Crippen LogP contribution in [0.1, 0.15) is 11.3 Å². The van der Waals surface area contributed by atoms with E-state index in [9.17, 15) is 4.39 Å². The van der Waals surface area contributed by atoms with Gasteiger partial charge in [-0.1, -0.05) is 30.3 Å². The molecule has 0 radical (unpaired) electrons.